The molecule has 0 radical (unpaired) electrons. The van der Waals surface area contributed by atoms with Crippen molar-refractivity contribution in [3.8, 4) is 5.75 Å². The van der Waals surface area contributed by atoms with E-state index < -0.39 is 0 Å². The Kier molecular flexibility index (Phi) is 3.17. The first kappa shape index (κ1) is 11.8. The zero-order valence-electron chi connectivity index (χ0n) is 10.2. The van der Waals surface area contributed by atoms with Gasteiger partial charge in [-0.3, -0.25) is 0 Å². The predicted octanol–water partition coefficient (Wildman–Crippen LogP) is 2.72. The predicted molar refractivity (Wildman–Crippen MR) is 69.5 cm³/mol. The monoisotopic (exact) mass is 237 g/mol. The molecule has 0 unspecified atom stereocenters. The summed E-state index contributed by atoms with van der Waals surface area (Å²) >= 11 is 1.79. The highest BCUT2D eigenvalue weighted by Gasteiger charge is 2.45. The summed E-state index contributed by atoms with van der Waals surface area (Å²) in [5.74, 6) is 0.998. The lowest BCUT2D eigenvalue weighted by Crippen LogP contribution is -2.20. The highest BCUT2D eigenvalue weighted by molar-refractivity contribution is 7.98. The Balaban J connectivity index is 2.50. The van der Waals surface area contributed by atoms with Crippen molar-refractivity contribution >= 4 is 11.8 Å². The summed E-state index contributed by atoms with van der Waals surface area (Å²) in [4.78, 5) is 1.33. The van der Waals surface area contributed by atoms with Crippen molar-refractivity contribution in [1.29, 1.82) is 0 Å². The Bertz CT molecular complexity index is 399. The molecule has 0 aromatic heterocycles. The van der Waals surface area contributed by atoms with Crippen LogP contribution in [0.1, 0.15) is 24.0 Å². The van der Waals surface area contributed by atoms with Crippen molar-refractivity contribution in [2.75, 3.05) is 19.9 Å². The molecule has 3 heteroatoms. The minimum atomic E-state index is 0.198. The maximum atomic E-state index is 5.89. The van der Waals surface area contributed by atoms with Crippen LogP contribution in [0.4, 0.5) is 0 Å². The van der Waals surface area contributed by atoms with Crippen LogP contribution in [0.2, 0.25) is 0 Å². The molecule has 0 atom stereocenters. The van der Waals surface area contributed by atoms with Gasteiger partial charge in [-0.15, -0.1) is 11.8 Å². The number of thioether (sulfide) groups is 1. The molecule has 0 spiro atoms. The van der Waals surface area contributed by atoms with Crippen LogP contribution >= 0.6 is 11.8 Å². The normalized spacial score (nSPS) is 17.2. The molecule has 2 N–H and O–H groups in total. The number of hydrogen-bond acceptors (Lipinski definition) is 3. The second-order valence-corrected chi connectivity index (χ2v) is 5.35. The minimum Gasteiger partial charge on any atom is -0.496 e. The number of hydrogen-bond donors (Lipinski definition) is 1. The average Bonchev–Trinajstić information content (AvgIpc) is 3.09. The van der Waals surface area contributed by atoms with Crippen LogP contribution in [-0.2, 0) is 5.41 Å². The first-order valence-electron chi connectivity index (χ1n) is 5.60. The Morgan fingerprint density at radius 3 is 2.56 bits per heavy atom. The van der Waals surface area contributed by atoms with E-state index in [9.17, 15) is 0 Å². The molecular weight excluding hydrogens is 218 g/mol. The van der Waals surface area contributed by atoms with E-state index in [4.69, 9.17) is 10.5 Å². The molecule has 1 aliphatic carbocycles. The fraction of sp³-hybridized carbons (Fsp3) is 0.538. The third-order valence-electron chi connectivity index (χ3n) is 3.53. The van der Waals surface area contributed by atoms with Crippen LogP contribution in [-0.4, -0.2) is 19.9 Å². The lowest BCUT2D eigenvalue weighted by molar-refractivity contribution is 0.403. The second-order valence-electron chi connectivity index (χ2n) is 4.51. The minimum absolute atomic E-state index is 0.198. The van der Waals surface area contributed by atoms with Crippen molar-refractivity contribution in [3.05, 3.63) is 23.3 Å². The van der Waals surface area contributed by atoms with E-state index in [1.165, 1.54) is 28.9 Å². The zero-order chi connectivity index (χ0) is 11.8. The van der Waals surface area contributed by atoms with E-state index in [2.05, 4.69) is 25.3 Å². The summed E-state index contributed by atoms with van der Waals surface area (Å²) < 4.78 is 5.49. The van der Waals surface area contributed by atoms with Gasteiger partial charge in [0, 0.05) is 22.4 Å². The van der Waals surface area contributed by atoms with Gasteiger partial charge in [0.25, 0.3) is 0 Å². The molecular formula is C13H19NOS. The number of rotatable bonds is 4. The van der Waals surface area contributed by atoms with Crippen LogP contribution < -0.4 is 10.5 Å². The zero-order valence-corrected chi connectivity index (χ0v) is 11.0. The molecule has 1 aromatic rings. The van der Waals surface area contributed by atoms with Crippen molar-refractivity contribution in [3.63, 3.8) is 0 Å². The Morgan fingerprint density at radius 1 is 1.44 bits per heavy atom. The molecule has 1 aliphatic rings. The summed E-state index contributed by atoms with van der Waals surface area (Å²) in [6, 6.07) is 4.40. The Labute approximate surface area is 102 Å². The van der Waals surface area contributed by atoms with E-state index in [0.29, 0.717) is 0 Å². The number of benzene rings is 1. The van der Waals surface area contributed by atoms with Gasteiger partial charge in [0.2, 0.25) is 0 Å². The third kappa shape index (κ3) is 1.82. The van der Waals surface area contributed by atoms with Crippen LogP contribution in [0.15, 0.2) is 17.0 Å². The molecule has 2 rings (SSSR count). The van der Waals surface area contributed by atoms with Crippen molar-refractivity contribution in [2.45, 2.75) is 30.1 Å². The maximum Gasteiger partial charge on any atom is 0.123 e. The molecule has 0 amide bonds. The van der Waals surface area contributed by atoms with Crippen LogP contribution in [0.3, 0.4) is 0 Å². The number of nitrogens with two attached hydrogens (primary N) is 1. The fourth-order valence-corrected chi connectivity index (χ4v) is 2.82. The van der Waals surface area contributed by atoms with Gasteiger partial charge in [-0.1, -0.05) is 0 Å². The average molecular weight is 237 g/mol. The molecule has 0 heterocycles. The van der Waals surface area contributed by atoms with Gasteiger partial charge in [0.05, 0.1) is 7.11 Å². The van der Waals surface area contributed by atoms with Crippen LogP contribution in [0.25, 0.3) is 0 Å². The van der Waals surface area contributed by atoms with Crippen molar-refractivity contribution in [1.82, 2.24) is 0 Å². The van der Waals surface area contributed by atoms with E-state index in [-0.39, 0.29) is 5.41 Å². The van der Waals surface area contributed by atoms with Gasteiger partial charge >= 0.3 is 0 Å². The van der Waals surface area contributed by atoms with Gasteiger partial charge in [-0.2, -0.15) is 0 Å². The fourth-order valence-electron chi connectivity index (χ4n) is 2.20. The van der Waals surface area contributed by atoms with E-state index in [1.54, 1.807) is 18.9 Å². The summed E-state index contributed by atoms with van der Waals surface area (Å²) in [6.45, 7) is 2.85. The van der Waals surface area contributed by atoms with Gasteiger partial charge in [-0.05, 0) is 43.7 Å². The smallest absolute Gasteiger partial charge is 0.123 e. The first-order chi connectivity index (χ1) is 7.66. The summed E-state index contributed by atoms with van der Waals surface area (Å²) in [7, 11) is 1.74. The number of methoxy groups -OCH3 is 1. The lowest BCUT2D eigenvalue weighted by Gasteiger charge is -2.19. The topological polar surface area (TPSA) is 35.2 Å². The Morgan fingerprint density at radius 2 is 2.12 bits per heavy atom. The summed E-state index contributed by atoms with van der Waals surface area (Å²) in [6.07, 6.45) is 4.49. The van der Waals surface area contributed by atoms with Gasteiger partial charge in [-0.25, -0.2) is 0 Å². The van der Waals surface area contributed by atoms with Crippen molar-refractivity contribution < 1.29 is 4.74 Å². The number of ether oxygens (including phenoxy) is 1. The van der Waals surface area contributed by atoms with Gasteiger partial charge in [0.15, 0.2) is 0 Å². The van der Waals surface area contributed by atoms with Crippen molar-refractivity contribution in [2.24, 2.45) is 5.73 Å². The molecule has 0 aliphatic heterocycles. The van der Waals surface area contributed by atoms with Gasteiger partial charge < -0.3 is 10.5 Å². The summed E-state index contributed by atoms with van der Waals surface area (Å²) in [5.41, 5.74) is 8.67. The molecule has 88 valence electrons. The number of aryl methyl sites for hydroxylation is 1. The lowest BCUT2D eigenvalue weighted by atomic mass is 9.94. The highest BCUT2D eigenvalue weighted by atomic mass is 32.2. The van der Waals surface area contributed by atoms with Gasteiger partial charge in [0.1, 0.15) is 5.75 Å². The highest BCUT2D eigenvalue weighted by Crippen LogP contribution is 2.51. The maximum absolute atomic E-state index is 5.89. The molecule has 1 saturated carbocycles. The largest absolute Gasteiger partial charge is 0.496 e. The van der Waals surface area contributed by atoms with Crippen LogP contribution in [0, 0.1) is 6.92 Å². The van der Waals surface area contributed by atoms with E-state index >= 15 is 0 Å². The molecule has 0 saturated heterocycles. The molecule has 0 bridgehead atoms. The van der Waals surface area contributed by atoms with E-state index in [1.807, 2.05) is 0 Å². The first-order valence-corrected chi connectivity index (χ1v) is 6.82. The summed E-state index contributed by atoms with van der Waals surface area (Å²) in [5, 5.41) is 0. The standard InChI is InChI=1S/C13H19NOS/c1-9-6-11(15-2)10(7-12(9)16-3)13(8-14)4-5-13/h6-7H,4-5,8,14H2,1-3H3. The van der Waals surface area contributed by atoms with Crippen LogP contribution in [0.5, 0.6) is 5.75 Å². The molecule has 1 fully saturated rings. The quantitative estimate of drug-likeness (QED) is 0.818. The third-order valence-corrected chi connectivity index (χ3v) is 4.41. The molecule has 1 aromatic carbocycles. The Hall–Kier alpha value is -0.670. The van der Waals surface area contributed by atoms with E-state index in [0.717, 1.165) is 12.3 Å². The molecule has 16 heavy (non-hydrogen) atoms. The molecule has 2 nitrogen and oxygen atoms in total. The SMILES string of the molecule is COc1cc(C)c(SC)cc1C1(CN)CC1. The second kappa shape index (κ2) is 4.30.